The van der Waals surface area contributed by atoms with Crippen molar-refractivity contribution in [2.24, 2.45) is 0 Å². The number of rotatable bonds is 6. The number of hydrogen-bond acceptors (Lipinski definition) is 3. The fourth-order valence-electron chi connectivity index (χ4n) is 3.32. The van der Waals surface area contributed by atoms with Crippen LogP contribution in [0.3, 0.4) is 0 Å². The first-order valence-electron chi connectivity index (χ1n) is 9.20. The van der Waals surface area contributed by atoms with Crippen LogP contribution >= 0.6 is 15.9 Å². The Hall–Kier alpha value is -2.41. The van der Waals surface area contributed by atoms with Gasteiger partial charge in [-0.1, -0.05) is 15.9 Å². The van der Waals surface area contributed by atoms with Crippen LogP contribution in [-0.2, 0) is 11.2 Å². The number of carbonyl (C=O) groups excluding carboxylic acids is 2. The highest BCUT2D eigenvalue weighted by Crippen LogP contribution is 2.33. The lowest BCUT2D eigenvalue weighted by Gasteiger charge is -2.30. The van der Waals surface area contributed by atoms with E-state index in [1.165, 1.54) is 11.0 Å². The second kappa shape index (κ2) is 9.19. The van der Waals surface area contributed by atoms with E-state index in [0.717, 1.165) is 18.4 Å². The molecule has 2 amide bonds. The molecule has 0 saturated heterocycles. The molecule has 2 aromatic rings. The molecule has 0 spiro atoms. The summed E-state index contributed by atoms with van der Waals surface area (Å²) in [5.41, 5.74) is 1.77. The average Bonchev–Trinajstić information content (AvgIpc) is 2.70. The third-order valence-electron chi connectivity index (χ3n) is 4.71. The number of ether oxygens (including phenoxy) is 1. The number of nitrogens with zero attached hydrogens (tertiary/aromatic N) is 1. The number of carbonyl (C=O) groups is 2. The Kier molecular flexibility index (Phi) is 6.67. The van der Waals surface area contributed by atoms with Crippen LogP contribution in [-0.4, -0.2) is 32.0 Å². The summed E-state index contributed by atoms with van der Waals surface area (Å²) in [6, 6.07) is 10.1. The third-order valence-corrected chi connectivity index (χ3v) is 5.17. The molecular weight excluding hydrogens is 427 g/mol. The predicted molar refractivity (Wildman–Crippen MR) is 109 cm³/mol. The van der Waals surface area contributed by atoms with Crippen molar-refractivity contribution in [3.63, 3.8) is 0 Å². The molecule has 1 aliphatic rings. The Bertz CT molecular complexity index is 871. The van der Waals surface area contributed by atoms with Gasteiger partial charge in [-0.15, -0.1) is 0 Å². The zero-order valence-electron chi connectivity index (χ0n) is 15.6. The molecule has 0 saturated carbocycles. The summed E-state index contributed by atoms with van der Waals surface area (Å²) in [6.45, 7) is 0.892. The molecule has 0 fully saturated rings. The lowest BCUT2D eigenvalue weighted by atomic mass is 10.0. The van der Waals surface area contributed by atoms with E-state index in [4.69, 9.17) is 4.74 Å². The molecule has 0 atom stereocenters. The molecule has 0 bridgehead atoms. The van der Waals surface area contributed by atoms with Crippen molar-refractivity contribution >= 4 is 33.4 Å². The van der Waals surface area contributed by atoms with Crippen LogP contribution in [0.25, 0.3) is 0 Å². The quantitative estimate of drug-likeness (QED) is 0.677. The van der Waals surface area contributed by atoms with Gasteiger partial charge in [-0.25, -0.2) is 4.39 Å². The number of amides is 2. The highest BCUT2D eigenvalue weighted by Gasteiger charge is 2.25. The van der Waals surface area contributed by atoms with E-state index in [-0.39, 0.29) is 24.1 Å². The van der Waals surface area contributed by atoms with Gasteiger partial charge < -0.3 is 15.0 Å². The van der Waals surface area contributed by atoms with E-state index in [1.54, 1.807) is 31.4 Å². The maximum absolute atomic E-state index is 14.4. The number of benzene rings is 2. The van der Waals surface area contributed by atoms with Gasteiger partial charge in [-0.3, -0.25) is 9.59 Å². The first-order chi connectivity index (χ1) is 13.5. The Morgan fingerprint density at radius 3 is 2.71 bits per heavy atom. The highest BCUT2D eigenvalue weighted by molar-refractivity contribution is 9.10. The maximum Gasteiger partial charge on any atom is 0.251 e. The third kappa shape index (κ3) is 4.70. The number of anilines is 1. The van der Waals surface area contributed by atoms with Gasteiger partial charge >= 0.3 is 0 Å². The number of fused-ring (bicyclic) bond motifs is 1. The van der Waals surface area contributed by atoms with Gasteiger partial charge in [0.15, 0.2) is 0 Å². The molecular formula is C21H22BrFN2O3. The summed E-state index contributed by atoms with van der Waals surface area (Å²) in [5, 5.41) is 2.80. The second-order valence-electron chi connectivity index (χ2n) is 6.63. The molecule has 2 aromatic carbocycles. The van der Waals surface area contributed by atoms with Gasteiger partial charge in [0.1, 0.15) is 11.6 Å². The smallest absolute Gasteiger partial charge is 0.251 e. The summed E-state index contributed by atoms with van der Waals surface area (Å²) < 4.78 is 20.1. The summed E-state index contributed by atoms with van der Waals surface area (Å²) in [6.07, 6.45) is 2.30. The minimum absolute atomic E-state index is 0.124. The molecule has 0 aromatic heterocycles. The Labute approximate surface area is 172 Å². The lowest BCUT2D eigenvalue weighted by Crippen LogP contribution is -2.36. The molecule has 5 nitrogen and oxygen atoms in total. The molecule has 0 aliphatic carbocycles. The van der Waals surface area contributed by atoms with E-state index in [1.807, 2.05) is 6.07 Å². The number of methoxy groups -OCH3 is 1. The largest absolute Gasteiger partial charge is 0.497 e. The van der Waals surface area contributed by atoms with Crippen LogP contribution in [0.15, 0.2) is 40.9 Å². The van der Waals surface area contributed by atoms with Crippen molar-refractivity contribution in [1.29, 1.82) is 0 Å². The number of halogens is 2. The van der Waals surface area contributed by atoms with Crippen molar-refractivity contribution in [1.82, 2.24) is 5.32 Å². The molecule has 28 heavy (non-hydrogen) atoms. The molecule has 1 N–H and O–H groups in total. The van der Waals surface area contributed by atoms with Crippen molar-refractivity contribution in [2.75, 3.05) is 25.1 Å². The normalized spacial score (nSPS) is 13.0. The number of hydrogen-bond donors (Lipinski definition) is 1. The lowest BCUT2D eigenvalue weighted by molar-refractivity contribution is -0.118. The van der Waals surface area contributed by atoms with Gasteiger partial charge in [0.05, 0.1) is 12.8 Å². The topological polar surface area (TPSA) is 58.6 Å². The first kappa shape index (κ1) is 20.3. The van der Waals surface area contributed by atoms with Gasteiger partial charge in [-0.05, 0) is 61.2 Å². The summed E-state index contributed by atoms with van der Waals surface area (Å²) >= 11 is 3.30. The summed E-state index contributed by atoms with van der Waals surface area (Å²) in [7, 11) is 1.57. The Morgan fingerprint density at radius 1 is 1.25 bits per heavy atom. The van der Waals surface area contributed by atoms with Crippen molar-refractivity contribution in [3.05, 3.63) is 57.8 Å². The SMILES string of the molecule is COc1ccc(C(=O)NCCCC(=O)N2CCCc3cc(Br)cc(F)c32)cc1. The average molecular weight is 449 g/mol. The molecule has 3 rings (SSSR count). The minimum atomic E-state index is -0.384. The van der Waals surface area contributed by atoms with Gasteiger partial charge in [0.25, 0.3) is 5.91 Å². The zero-order valence-corrected chi connectivity index (χ0v) is 17.2. The van der Waals surface area contributed by atoms with Gasteiger partial charge in [0, 0.05) is 29.5 Å². The van der Waals surface area contributed by atoms with Gasteiger partial charge in [0.2, 0.25) is 5.91 Å². The van der Waals surface area contributed by atoms with E-state index in [9.17, 15) is 14.0 Å². The molecule has 148 valence electrons. The molecule has 0 radical (unpaired) electrons. The standard InChI is InChI=1S/C21H22BrFN2O3/c1-28-17-8-6-14(7-9-17)21(27)24-10-2-5-19(26)25-11-3-4-15-12-16(22)13-18(23)20(15)25/h6-9,12-13H,2-5,10-11H2,1H3,(H,24,27). The minimum Gasteiger partial charge on any atom is -0.497 e. The van der Waals surface area contributed by atoms with Crippen LogP contribution < -0.4 is 15.0 Å². The van der Waals surface area contributed by atoms with E-state index < -0.39 is 0 Å². The van der Waals surface area contributed by atoms with Crippen LogP contribution in [0.5, 0.6) is 5.75 Å². The van der Waals surface area contributed by atoms with E-state index in [2.05, 4.69) is 21.2 Å². The summed E-state index contributed by atoms with van der Waals surface area (Å²) in [4.78, 5) is 26.3. The molecule has 1 aliphatic heterocycles. The monoisotopic (exact) mass is 448 g/mol. The number of nitrogens with one attached hydrogen (secondary N) is 1. The van der Waals surface area contributed by atoms with Crippen LogP contribution in [0.4, 0.5) is 10.1 Å². The molecule has 7 heteroatoms. The highest BCUT2D eigenvalue weighted by atomic mass is 79.9. The van der Waals surface area contributed by atoms with Crippen LogP contribution in [0, 0.1) is 5.82 Å². The molecule has 1 heterocycles. The maximum atomic E-state index is 14.4. The fraction of sp³-hybridized carbons (Fsp3) is 0.333. The molecule has 0 unspecified atom stereocenters. The van der Waals surface area contributed by atoms with Crippen LogP contribution in [0.2, 0.25) is 0 Å². The van der Waals surface area contributed by atoms with E-state index in [0.29, 0.717) is 41.0 Å². The van der Waals surface area contributed by atoms with Crippen molar-refractivity contribution in [3.8, 4) is 5.75 Å². The van der Waals surface area contributed by atoms with E-state index >= 15 is 0 Å². The van der Waals surface area contributed by atoms with Crippen LogP contribution in [0.1, 0.15) is 35.2 Å². The predicted octanol–water partition coefficient (Wildman–Crippen LogP) is 4.09. The van der Waals surface area contributed by atoms with Gasteiger partial charge in [-0.2, -0.15) is 0 Å². The van der Waals surface area contributed by atoms with Crippen molar-refractivity contribution < 1.29 is 18.7 Å². The Morgan fingerprint density at radius 2 is 2.00 bits per heavy atom. The fourth-order valence-corrected chi connectivity index (χ4v) is 3.80. The first-order valence-corrected chi connectivity index (χ1v) is 9.99. The second-order valence-corrected chi connectivity index (χ2v) is 7.55. The van der Waals surface area contributed by atoms with Crippen molar-refractivity contribution in [2.45, 2.75) is 25.7 Å². The Balaban J connectivity index is 1.52. The zero-order chi connectivity index (χ0) is 20.1. The summed E-state index contributed by atoms with van der Waals surface area (Å²) in [5.74, 6) is -0.0244. The number of aryl methyl sites for hydroxylation is 1.